The van der Waals surface area contributed by atoms with Crippen LogP contribution >= 0.6 is 0 Å². The van der Waals surface area contributed by atoms with Crippen LogP contribution in [0.15, 0.2) is 0 Å². The fraction of sp³-hybridized carbons (Fsp3) is 0.833. The summed E-state index contributed by atoms with van der Waals surface area (Å²) in [6.07, 6.45) is 1.20. The summed E-state index contributed by atoms with van der Waals surface area (Å²) in [7, 11) is 0. The van der Waals surface area contributed by atoms with E-state index < -0.39 is 18.1 Å². The molecule has 0 aromatic rings. The molecule has 0 fully saturated rings. The van der Waals surface area contributed by atoms with Crippen molar-refractivity contribution in [2.45, 2.75) is 46.6 Å². The fourth-order valence-electron chi connectivity index (χ4n) is 0.960. The van der Waals surface area contributed by atoms with E-state index in [4.69, 9.17) is 9.47 Å². The highest BCUT2D eigenvalue weighted by molar-refractivity contribution is 5.80. The molecule has 0 bridgehead atoms. The van der Waals surface area contributed by atoms with Crippen molar-refractivity contribution in [3.63, 3.8) is 0 Å². The molecular formula is C12H23NO4. The van der Waals surface area contributed by atoms with Gasteiger partial charge in [0.05, 0.1) is 13.2 Å². The maximum atomic E-state index is 11.4. The smallest absolute Gasteiger partial charge is 0.407 e. The third kappa shape index (κ3) is 8.54. The van der Waals surface area contributed by atoms with Gasteiger partial charge in [-0.2, -0.15) is 0 Å². The van der Waals surface area contributed by atoms with E-state index in [-0.39, 0.29) is 5.92 Å². The molecule has 0 saturated heterocycles. The molecule has 5 nitrogen and oxygen atoms in total. The van der Waals surface area contributed by atoms with Crippen LogP contribution in [0.3, 0.4) is 0 Å². The van der Waals surface area contributed by atoms with Crippen molar-refractivity contribution < 1.29 is 19.1 Å². The van der Waals surface area contributed by atoms with Crippen LogP contribution in [0.2, 0.25) is 0 Å². The zero-order valence-corrected chi connectivity index (χ0v) is 11.1. The predicted molar refractivity (Wildman–Crippen MR) is 64.7 cm³/mol. The van der Waals surface area contributed by atoms with E-state index in [1.54, 1.807) is 6.92 Å². The van der Waals surface area contributed by atoms with Crippen molar-refractivity contribution in [1.82, 2.24) is 5.32 Å². The molecule has 100 valence electrons. The van der Waals surface area contributed by atoms with Crippen molar-refractivity contribution in [1.29, 1.82) is 0 Å². The summed E-state index contributed by atoms with van der Waals surface area (Å²) in [5.74, 6) is -0.159. The Morgan fingerprint density at radius 1 is 1.18 bits per heavy atom. The average Bonchev–Trinajstić information content (AvgIpc) is 2.26. The maximum Gasteiger partial charge on any atom is 0.407 e. The molecule has 0 aromatic heterocycles. The Kier molecular flexibility index (Phi) is 8.19. The number of hydrogen-bond donors (Lipinski definition) is 1. The molecule has 0 radical (unpaired) electrons. The van der Waals surface area contributed by atoms with E-state index in [0.717, 1.165) is 12.8 Å². The molecule has 1 atom stereocenters. The summed E-state index contributed by atoms with van der Waals surface area (Å²) in [5, 5.41) is 2.43. The quantitative estimate of drug-likeness (QED) is 0.551. The number of amides is 1. The molecule has 1 amide bonds. The van der Waals surface area contributed by atoms with E-state index in [2.05, 4.69) is 5.32 Å². The first-order chi connectivity index (χ1) is 7.97. The summed E-state index contributed by atoms with van der Waals surface area (Å²) < 4.78 is 9.85. The van der Waals surface area contributed by atoms with Crippen molar-refractivity contribution in [2.24, 2.45) is 5.92 Å². The van der Waals surface area contributed by atoms with Crippen LogP contribution < -0.4 is 5.32 Å². The standard InChI is InChI=1S/C12H23NO4/c1-5-6-7-16-12(15)13-10(4)11(14)17-8-9(2)3/h9-10H,5-8H2,1-4H3,(H,13,15). The van der Waals surface area contributed by atoms with E-state index in [0.29, 0.717) is 13.2 Å². The first-order valence-electron chi connectivity index (χ1n) is 6.07. The highest BCUT2D eigenvalue weighted by Crippen LogP contribution is 1.96. The molecule has 0 spiro atoms. The number of alkyl carbamates (subject to hydrolysis) is 1. The zero-order valence-electron chi connectivity index (χ0n) is 11.1. The highest BCUT2D eigenvalue weighted by atomic mass is 16.6. The first kappa shape index (κ1) is 15.7. The minimum atomic E-state index is -0.678. The van der Waals surface area contributed by atoms with Crippen LogP contribution in [0.5, 0.6) is 0 Å². The van der Waals surface area contributed by atoms with Crippen molar-refractivity contribution in [3.8, 4) is 0 Å². The lowest BCUT2D eigenvalue weighted by molar-refractivity contribution is -0.146. The molecular weight excluding hydrogens is 222 g/mol. The lowest BCUT2D eigenvalue weighted by Crippen LogP contribution is -2.40. The van der Waals surface area contributed by atoms with E-state index in [9.17, 15) is 9.59 Å². The summed E-state index contributed by atoms with van der Waals surface area (Å²) in [6, 6.07) is -0.678. The van der Waals surface area contributed by atoms with Crippen LogP contribution in [0.1, 0.15) is 40.5 Å². The molecule has 0 aliphatic carbocycles. The molecule has 0 aromatic carbocycles. The largest absolute Gasteiger partial charge is 0.464 e. The molecule has 17 heavy (non-hydrogen) atoms. The van der Waals surface area contributed by atoms with Crippen LogP contribution in [0.25, 0.3) is 0 Å². The average molecular weight is 245 g/mol. The number of rotatable bonds is 7. The number of carbonyl (C=O) groups is 2. The van der Waals surface area contributed by atoms with Gasteiger partial charge in [-0.05, 0) is 19.3 Å². The van der Waals surface area contributed by atoms with Gasteiger partial charge in [0.2, 0.25) is 0 Å². The minimum Gasteiger partial charge on any atom is -0.464 e. The molecule has 1 unspecified atom stereocenters. The monoisotopic (exact) mass is 245 g/mol. The van der Waals surface area contributed by atoms with Gasteiger partial charge in [-0.15, -0.1) is 0 Å². The van der Waals surface area contributed by atoms with Gasteiger partial charge in [-0.3, -0.25) is 0 Å². The van der Waals surface area contributed by atoms with Gasteiger partial charge < -0.3 is 14.8 Å². The Morgan fingerprint density at radius 2 is 1.82 bits per heavy atom. The van der Waals surface area contributed by atoms with Crippen LogP contribution in [-0.4, -0.2) is 31.3 Å². The summed E-state index contributed by atoms with van der Waals surface area (Å²) in [4.78, 5) is 22.7. The number of nitrogens with one attached hydrogen (secondary N) is 1. The van der Waals surface area contributed by atoms with Gasteiger partial charge in [0.15, 0.2) is 0 Å². The SMILES string of the molecule is CCCCOC(=O)NC(C)C(=O)OCC(C)C. The summed E-state index contributed by atoms with van der Waals surface area (Å²) in [5.41, 5.74) is 0. The van der Waals surface area contributed by atoms with E-state index in [1.165, 1.54) is 0 Å². The van der Waals surface area contributed by atoms with E-state index in [1.807, 2.05) is 20.8 Å². The predicted octanol–water partition coefficient (Wildman–Crippen LogP) is 2.10. The van der Waals surface area contributed by atoms with Gasteiger partial charge in [0, 0.05) is 0 Å². The van der Waals surface area contributed by atoms with Crippen molar-refractivity contribution in [3.05, 3.63) is 0 Å². The minimum absolute atomic E-state index is 0.280. The zero-order chi connectivity index (χ0) is 13.3. The fourth-order valence-corrected chi connectivity index (χ4v) is 0.960. The number of unbranched alkanes of at least 4 members (excludes halogenated alkanes) is 1. The molecule has 0 heterocycles. The Morgan fingerprint density at radius 3 is 2.35 bits per heavy atom. The Bertz CT molecular complexity index is 241. The highest BCUT2D eigenvalue weighted by Gasteiger charge is 2.17. The second kappa shape index (κ2) is 8.84. The Labute approximate surface area is 103 Å². The molecule has 0 aliphatic heterocycles. The Balaban J connectivity index is 3.78. The Hall–Kier alpha value is -1.26. The number of carbonyl (C=O) groups excluding carboxylic acids is 2. The normalized spacial score (nSPS) is 12.1. The topological polar surface area (TPSA) is 64.6 Å². The second-order valence-corrected chi connectivity index (χ2v) is 4.38. The summed E-state index contributed by atoms with van der Waals surface area (Å²) in [6.45, 7) is 8.21. The third-order valence-electron chi connectivity index (χ3n) is 1.98. The summed E-state index contributed by atoms with van der Waals surface area (Å²) >= 11 is 0. The van der Waals surface area contributed by atoms with Crippen molar-refractivity contribution >= 4 is 12.1 Å². The second-order valence-electron chi connectivity index (χ2n) is 4.38. The van der Waals surface area contributed by atoms with Crippen molar-refractivity contribution in [2.75, 3.05) is 13.2 Å². The molecule has 0 rings (SSSR count). The number of ether oxygens (including phenoxy) is 2. The third-order valence-corrected chi connectivity index (χ3v) is 1.98. The maximum absolute atomic E-state index is 11.4. The lowest BCUT2D eigenvalue weighted by Gasteiger charge is -2.14. The van der Waals surface area contributed by atoms with Crippen LogP contribution in [0, 0.1) is 5.92 Å². The van der Waals surface area contributed by atoms with Crippen LogP contribution in [-0.2, 0) is 14.3 Å². The van der Waals surface area contributed by atoms with Gasteiger partial charge in [0.25, 0.3) is 0 Å². The molecule has 5 heteroatoms. The molecule has 0 saturated carbocycles. The molecule has 0 aliphatic rings. The first-order valence-corrected chi connectivity index (χ1v) is 6.07. The van der Waals surface area contributed by atoms with E-state index >= 15 is 0 Å². The van der Waals surface area contributed by atoms with Gasteiger partial charge >= 0.3 is 12.1 Å². The van der Waals surface area contributed by atoms with Gasteiger partial charge in [-0.1, -0.05) is 27.2 Å². The molecule has 1 N–H and O–H groups in total. The van der Waals surface area contributed by atoms with Gasteiger partial charge in [-0.25, -0.2) is 9.59 Å². The lowest BCUT2D eigenvalue weighted by atomic mass is 10.2. The van der Waals surface area contributed by atoms with Crippen LogP contribution in [0.4, 0.5) is 4.79 Å². The number of esters is 1. The number of hydrogen-bond acceptors (Lipinski definition) is 4. The van der Waals surface area contributed by atoms with Gasteiger partial charge in [0.1, 0.15) is 6.04 Å².